The second-order valence-electron chi connectivity index (χ2n) is 3.52. The van der Waals surface area contributed by atoms with Crippen molar-refractivity contribution in [3.05, 3.63) is 57.3 Å². The minimum Gasteiger partial charge on any atom is -0.276 e. The van der Waals surface area contributed by atoms with Gasteiger partial charge in [0, 0.05) is 24.0 Å². The van der Waals surface area contributed by atoms with E-state index in [9.17, 15) is 8.78 Å². The molecule has 0 unspecified atom stereocenters. The van der Waals surface area contributed by atoms with Crippen molar-refractivity contribution in [2.75, 3.05) is 5.43 Å². The Balaban J connectivity index is 2.14. The van der Waals surface area contributed by atoms with Gasteiger partial charge in [-0.05, 0) is 28.1 Å². The van der Waals surface area contributed by atoms with Crippen LogP contribution in [0, 0.1) is 11.6 Å². The van der Waals surface area contributed by atoms with Crippen LogP contribution in [-0.4, -0.2) is 11.2 Å². The molecule has 0 amide bonds. The summed E-state index contributed by atoms with van der Waals surface area (Å²) in [6.07, 6.45) is 4.45. The van der Waals surface area contributed by atoms with Crippen molar-refractivity contribution in [1.82, 2.24) is 4.98 Å². The number of pyridine rings is 1. The second-order valence-corrected chi connectivity index (χ2v) is 4.75. The highest BCUT2D eigenvalue weighted by molar-refractivity contribution is 9.10. The van der Waals surface area contributed by atoms with E-state index in [0.717, 1.165) is 12.1 Å². The first kappa shape index (κ1) is 13.9. The summed E-state index contributed by atoms with van der Waals surface area (Å²) in [7, 11) is 0. The summed E-state index contributed by atoms with van der Waals surface area (Å²) in [6, 6.07) is 3.16. The molecular weight excluding hydrogens is 340 g/mol. The summed E-state index contributed by atoms with van der Waals surface area (Å²) in [5.41, 5.74) is 3.09. The van der Waals surface area contributed by atoms with Gasteiger partial charge in [-0.15, -0.1) is 0 Å². The predicted octanol–water partition coefficient (Wildman–Crippen LogP) is 4.22. The Morgan fingerprint density at radius 2 is 2.11 bits per heavy atom. The molecule has 0 bridgehead atoms. The van der Waals surface area contributed by atoms with Crippen LogP contribution < -0.4 is 5.43 Å². The largest absolute Gasteiger partial charge is 0.276 e. The van der Waals surface area contributed by atoms with Gasteiger partial charge in [0.05, 0.1) is 21.4 Å². The Morgan fingerprint density at radius 1 is 1.32 bits per heavy atom. The van der Waals surface area contributed by atoms with Crippen molar-refractivity contribution in [2.45, 2.75) is 0 Å². The van der Waals surface area contributed by atoms with Crippen LogP contribution in [0.15, 0.2) is 40.2 Å². The summed E-state index contributed by atoms with van der Waals surface area (Å²) in [4.78, 5) is 3.93. The maximum absolute atomic E-state index is 13.3. The van der Waals surface area contributed by atoms with Crippen molar-refractivity contribution in [3.8, 4) is 0 Å². The summed E-state index contributed by atoms with van der Waals surface area (Å²) >= 11 is 9.22. The van der Waals surface area contributed by atoms with E-state index in [0.29, 0.717) is 15.1 Å². The third kappa shape index (κ3) is 3.48. The molecule has 0 aliphatic rings. The molecule has 0 saturated heterocycles. The second kappa shape index (κ2) is 6.08. The monoisotopic (exact) mass is 345 g/mol. The summed E-state index contributed by atoms with van der Waals surface area (Å²) in [5.74, 6) is -1.37. The first-order valence-electron chi connectivity index (χ1n) is 5.11. The van der Waals surface area contributed by atoms with Crippen LogP contribution in [0.4, 0.5) is 14.5 Å². The van der Waals surface area contributed by atoms with Crippen LogP contribution in [0.1, 0.15) is 5.56 Å². The minimum atomic E-state index is -0.726. The van der Waals surface area contributed by atoms with Crippen LogP contribution in [0.25, 0.3) is 0 Å². The topological polar surface area (TPSA) is 37.3 Å². The number of nitrogens with zero attached hydrogens (tertiary/aromatic N) is 2. The Bertz CT molecular complexity index is 634. The standard InChI is InChI=1S/C12H7BrClF2N3/c13-9-6-17-4-7(12(9)14)5-18-19-11-2-1-8(15)3-10(11)16/h1-6,19H. The van der Waals surface area contributed by atoms with E-state index in [1.54, 1.807) is 6.20 Å². The quantitative estimate of drug-likeness (QED) is 0.667. The molecule has 7 heteroatoms. The fourth-order valence-corrected chi connectivity index (χ4v) is 1.77. The predicted molar refractivity (Wildman–Crippen MR) is 74.5 cm³/mol. The van der Waals surface area contributed by atoms with E-state index in [1.807, 2.05) is 0 Å². The Labute approximate surface area is 121 Å². The molecule has 0 radical (unpaired) electrons. The van der Waals surface area contributed by atoms with Crippen molar-refractivity contribution in [3.63, 3.8) is 0 Å². The molecule has 0 aliphatic heterocycles. The number of nitrogens with one attached hydrogen (secondary N) is 1. The maximum atomic E-state index is 13.3. The smallest absolute Gasteiger partial charge is 0.151 e. The molecule has 0 saturated carbocycles. The molecule has 0 aliphatic carbocycles. The molecular formula is C12H7BrClF2N3. The van der Waals surface area contributed by atoms with Gasteiger partial charge in [-0.3, -0.25) is 10.4 Å². The Morgan fingerprint density at radius 3 is 2.84 bits per heavy atom. The number of hydrogen-bond donors (Lipinski definition) is 1. The number of halogens is 4. The molecule has 19 heavy (non-hydrogen) atoms. The zero-order valence-electron chi connectivity index (χ0n) is 9.37. The molecule has 1 aromatic carbocycles. The molecule has 0 fully saturated rings. The summed E-state index contributed by atoms with van der Waals surface area (Å²) in [5, 5.41) is 4.27. The number of hydrazone groups is 1. The average molecular weight is 347 g/mol. The normalized spacial score (nSPS) is 10.9. The van der Waals surface area contributed by atoms with Crippen LogP contribution in [0.2, 0.25) is 5.02 Å². The molecule has 0 atom stereocenters. The first-order chi connectivity index (χ1) is 9.08. The Hall–Kier alpha value is -1.53. The minimum absolute atomic E-state index is 0.0664. The first-order valence-corrected chi connectivity index (χ1v) is 6.28. The number of anilines is 1. The molecule has 1 heterocycles. The van der Waals surface area contributed by atoms with E-state index < -0.39 is 11.6 Å². The van der Waals surface area contributed by atoms with E-state index in [4.69, 9.17) is 11.6 Å². The number of aromatic nitrogens is 1. The molecule has 1 aromatic heterocycles. The lowest BCUT2D eigenvalue weighted by Gasteiger charge is -2.02. The molecule has 0 spiro atoms. The van der Waals surface area contributed by atoms with Gasteiger partial charge in [0.1, 0.15) is 5.82 Å². The van der Waals surface area contributed by atoms with Crippen molar-refractivity contribution >= 4 is 39.4 Å². The highest BCUT2D eigenvalue weighted by atomic mass is 79.9. The molecule has 1 N–H and O–H groups in total. The lowest BCUT2D eigenvalue weighted by Crippen LogP contribution is -1.95. The van der Waals surface area contributed by atoms with Crippen LogP contribution >= 0.6 is 27.5 Å². The van der Waals surface area contributed by atoms with Crippen LogP contribution in [-0.2, 0) is 0 Å². The summed E-state index contributed by atoms with van der Waals surface area (Å²) < 4.78 is 26.6. The van der Waals surface area contributed by atoms with E-state index in [2.05, 4.69) is 31.4 Å². The maximum Gasteiger partial charge on any atom is 0.151 e. The molecule has 98 valence electrons. The highest BCUT2D eigenvalue weighted by Crippen LogP contribution is 2.23. The van der Waals surface area contributed by atoms with Gasteiger partial charge in [0.25, 0.3) is 0 Å². The fourth-order valence-electron chi connectivity index (χ4n) is 1.28. The Kier molecular flexibility index (Phi) is 4.44. The van der Waals surface area contributed by atoms with Gasteiger partial charge in [0.15, 0.2) is 5.82 Å². The van der Waals surface area contributed by atoms with Gasteiger partial charge in [0.2, 0.25) is 0 Å². The number of rotatable bonds is 3. The van der Waals surface area contributed by atoms with E-state index in [1.165, 1.54) is 18.5 Å². The third-order valence-electron chi connectivity index (χ3n) is 2.18. The lowest BCUT2D eigenvalue weighted by atomic mass is 10.3. The van der Waals surface area contributed by atoms with E-state index >= 15 is 0 Å². The third-order valence-corrected chi connectivity index (χ3v) is 3.44. The van der Waals surface area contributed by atoms with Gasteiger partial charge in [-0.2, -0.15) is 5.10 Å². The fraction of sp³-hybridized carbons (Fsp3) is 0. The molecule has 3 nitrogen and oxygen atoms in total. The SMILES string of the molecule is Fc1ccc(NN=Cc2cncc(Br)c2Cl)c(F)c1. The van der Waals surface area contributed by atoms with Gasteiger partial charge >= 0.3 is 0 Å². The van der Waals surface area contributed by atoms with E-state index in [-0.39, 0.29) is 5.69 Å². The highest BCUT2D eigenvalue weighted by Gasteiger charge is 2.03. The van der Waals surface area contributed by atoms with Crippen molar-refractivity contribution in [1.29, 1.82) is 0 Å². The zero-order valence-corrected chi connectivity index (χ0v) is 11.7. The molecule has 2 rings (SSSR count). The van der Waals surface area contributed by atoms with Crippen LogP contribution in [0.3, 0.4) is 0 Å². The van der Waals surface area contributed by atoms with Crippen molar-refractivity contribution < 1.29 is 8.78 Å². The van der Waals surface area contributed by atoms with Gasteiger partial charge in [-0.25, -0.2) is 8.78 Å². The average Bonchev–Trinajstić information content (AvgIpc) is 2.37. The van der Waals surface area contributed by atoms with Crippen molar-refractivity contribution in [2.24, 2.45) is 5.10 Å². The zero-order chi connectivity index (χ0) is 13.8. The molecule has 2 aromatic rings. The van der Waals surface area contributed by atoms with Gasteiger partial charge in [-0.1, -0.05) is 11.6 Å². The van der Waals surface area contributed by atoms with Gasteiger partial charge < -0.3 is 0 Å². The lowest BCUT2D eigenvalue weighted by molar-refractivity contribution is 0.585. The van der Waals surface area contributed by atoms with Crippen LogP contribution in [0.5, 0.6) is 0 Å². The number of benzene rings is 1. The number of hydrogen-bond acceptors (Lipinski definition) is 3. The summed E-state index contributed by atoms with van der Waals surface area (Å²) in [6.45, 7) is 0.